The summed E-state index contributed by atoms with van der Waals surface area (Å²) in [4.78, 5) is 11.6. The molecule has 100 valence electrons. The molecule has 0 aromatic heterocycles. The first-order valence-corrected chi connectivity index (χ1v) is 6.85. The van der Waals surface area contributed by atoms with Crippen LogP contribution in [-0.4, -0.2) is 31.7 Å². The van der Waals surface area contributed by atoms with E-state index >= 15 is 0 Å². The van der Waals surface area contributed by atoms with Gasteiger partial charge in [0.2, 0.25) is 5.91 Å². The van der Waals surface area contributed by atoms with Gasteiger partial charge in [0, 0.05) is 19.2 Å². The smallest absolute Gasteiger partial charge is 0.246 e. The Labute approximate surface area is 104 Å². The number of carbonyl (C=O) groups is 1. The van der Waals surface area contributed by atoms with Gasteiger partial charge in [0.05, 0.1) is 0 Å². The lowest BCUT2D eigenvalue weighted by atomic mass is 9.84. The van der Waals surface area contributed by atoms with Crippen LogP contribution in [0.1, 0.15) is 45.4 Å². The fourth-order valence-corrected chi connectivity index (χ4v) is 2.46. The van der Waals surface area contributed by atoms with E-state index in [1.807, 2.05) is 6.92 Å². The third-order valence-corrected chi connectivity index (χ3v) is 3.40. The van der Waals surface area contributed by atoms with Crippen molar-refractivity contribution in [3.8, 4) is 0 Å². The molecule has 0 saturated heterocycles. The van der Waals surface area contributed by atoms with Crippen LogP contribution in [0.2, 0.25) is 0 Å². The Kier molecular flexibility index (Phi) is 7.21. The van der Waals surface area contributed by atoms with E-state index in [1.54, 1.807) is 0 Å². The quantitative estimate of drug-likeness (QED) is 0.664. The minimum atomic E-state index is -0.0283. The van der Waals surface area contributed by atoms with E-state index < -0.39 is 0 Å². The van der Waals surface area contributed by atoms with Crippen molar-refractivity contribution < 1.29 is 9.53 Å². The lowest BCUT2D eigenvalue weighted by molar-refractivity contribution is -0.126. The van der Waals surface area contributed by atoms with Crippen LogP contribution < -0.4 is 11.1 Å². The SMILES string of the molecule is CCCOCC(=O)NC(CN)C1CCCCC1. The number of hydrogen-bond acceptors (Lipinski definition) is 3. The topological polar surface area (TPSA) is 64.3 Å². The fraction of sp³-hybridized carbons (Fsp3) is 0.923. The highest BCUT2D eigenvalue weighted by Gasteiger charge is 2.23. The van der Waals surface area contributed by atoms with E-state index in [2.05, 4.69) is 5.32 Å². The monoisotopic (exact) mass is 242 g/mol. The van der Waals surface area contributed by atoms with Gasteiger partial charge in [-0.25, -0.2) is 0 Å². The van der Waals surface area contributed by atoms with Crippen molar-refractivity contribution in [3.05, 3.63) is 0 Å². The molecule has 1 amide bonds. The molecule has 0 aliphatic heterocycles. The molecule has 4 nitrogen and oxygen atoms in total. The number of rotatable bonds is 7. The molecule has 1 fully saturated rings. The van der Waals surface area contributed by atoms with Crippen LogP contribution in [0, 0.1) is 5.92 Å². The average molecular weight is 242 g/mol. The molecule has 1 aliphatic carbocycles. The second-order valence-electron chi connectivity index (χ2n) is 4.86. The van der Waals surface area contributed by atoms with Gasteiger partial charge in [0.1, 0.15) is 6.61 Å². The number of nitrogens with two attached hydrogens (primary N) is 1. The molecule has 0 bridgehead atoms. The summed E-state index contributed by atoms with van der Waals surface area (Å²) in [5.74, 6) is 0.531. The van der Waals surface area contributed by atoms with E-state index in [9.17, 15) is 4.79 Å². The molecule has 3 N–H and O–H groups in total. The van der Waals surface area contributed by atoms with Crippen LogP contribution in [0.4, 0.5) is 0 Å². The van der Waals surface area contributed by atoms with E-state index in [-0.39, 0.29) is 18.6 Å². The summed E-state index contributed by atoms with van der Waals surface area (Å²) in [6, 6.07) is 0.132. The summed E-state index contributed by atoms with van der Waals surface area (Å²) < 4.78 is 5.22. The van der Waals surface area contributed by atoms with Gasteiger partial charge in [-0.3, -0.25) is 4.79 Å². The predicted molar refractivity (Wildman–Crippen MR) is 68.7 cm³/mol. The molecule has 1 aliphatic rings. The van der Waals surface area contributed by atoms with Crippen molar-refractivity contribution in [3.63, 3.8) is 0 Å². The number of amides is 1. The van der Waals surface area contributed by atoms with Gasteiger partial charge in [-0.1, -0.05) is 26.2 Å². The van der Waals surface area contributed by atoms with Crippen molar-refractivity contribution in [2.75, 3.05) is 19.8 Å². The van der Waals surface area contributed by atoms with E-state index in [4.69, 9.17) is 10.5 Å². The maximum atomic E-state index is 11.6. The highest BCUT2D eigenvalue weighted by atomic mass is 16.5. The Morgan fingerprint density at radius 1 is 1.41 bits per heavy atom. The number of hydrogen-bond donors (Lipinski definition) is 2. The van der Waals surface area contributed by atoms with Crippen LogP contribution in [0.25, 0.3) is 0 Å². The van der Waals surface area contributed by atoms with Crippen LogP contribution in [0.3, 0.4) is 0 Å². The minimum absolute atomic E-state index is 0.0283. The standard InChI is InChI=1S/C13H26N2O2/c1-2-8-17-10-13(16)15-12(9-14)11-6-4-3-5-7-11/h11-12H,2-10,14H2,1H3,(H,15,16). The van der Waals surface area contributed by atoms with E-state index in [0.717, 1.165) is 6.42 Å². The fourth-order valence-electron chi connectivity index (χ4n) is 2.46. The van der Waals surface area contributed by atoms with Crippen LogP contribution in [0.15, 0.2) is 0 Å². The predicted octanol–water partition coefficient (Wildman–Crippen LogP) is 1.44. The highest BCUT2D eigenvalue weighted by molar-refractivity contribution is 5.77. The highest BCUT2D eigenvalue weighted by Crippen LogP contribution is 2.26. The first-order chi connectivity index (χ1) is 8.27. The van der Waals surface area contributed by atoms with Gasteiger partial charge in [0.25, 0.3) is 0 Å². The van der Waals surface area contributed by atoms with E-state index in [1.165, 1.54) is 32.1 Å². The Balaban J connectivity index is 2.27. The van der Waals surface area contributed by atoms with Crippen molar-refractivity contribution in [1.29, 1.82) is 0 Å². The Morgan fingerprint density at radius 3 is 2.71 bits per heavy atom. The summed E-state index contributed by atoms with van der Waals surface area (Å²) >= 11 is 0. The van der Waals surface area contributed by atoms with Gasteiger partial charge < -0.3 is 15.8 Å². The third-order valence-electron chi connectivity index (χ3n) is 3.40. The van der Waals surface area contributed by atoms with Crippen LogP contribution in [-0.2, 0) is 9.53 Å². The minimum Gasteiger partial charge on any atom is -0.372 e. The molecule has 1 atom stereocenters. The average Bonchev–Trinajstić information content (AvgIpc) is 2.37. The Bertz CT molecular complexity index is 215. The molecule has 0 heterocycles. The van der Waals surface area contributed by atoms with Crippen LogP contribution in [0.5, 0.6) is 0 Å². The van der Waals surface area contributed by atoms with Crippen molar-refractivity contribution in [1.82, 2.24) is 5.32 Å². The summed E-state index contributed by atoms with van der Waals surface area (Å²) in [6.07, 6.45) is 7.18. The molecule has 1 rings (SSSR count). The van der Waals surface area contributed by atoms with Crippen molar-refractivity contribution in [2.24, 2.45) is 11.7 Å². The first-order valence-electron chi connectivity index (χ1n) is 6.85. The van der Waals surface area contributed by atoms with Gasteiger partial charge in [-0.05, 0) is 25.2 Å². The number of carbonyl (C=O) groups excluding carboxylic acids is 1. The summed E-state index contributed by atoms with van der Waals surface area (Å²) in [7, 11) is 0. The van der Waals surface area contributed by atoms with Crippen molar-refractivity contribution in [2.45, 2.75) is 51.5 Å². The molecule has 1 unspecified atom stereocenters. The summed E-state index contributed by atoms with van der Waals surface area (Å²) in [6.45, 7) is 3.37. The Hall–Kier alpha value is -0.610. The number of ether oxygens (including phenoxy) is 1. The maximum absolute atomic E-state index is 11.6. The van der Waals surface area contributed by atoms with Crippen molar-refractivity contribution >= 4 is 5.91 Å². The molecular weight excluding hydrogens is 216 g/mol. The molecule has 4 heteroatoms. The van der Waals surface area contributed by atoms with Gasteiger partial charge >= 0.3 is 0 Å². The molecule has 0 spiro atoms. The lowest BCUT2D eigenvalue weighted by Crippen LogP contribution is -2.47. The normalized spacial score (nSPS) is 18.9. The van der Waals surface area contributed by atoms with Gasteiger partial charge in [0.15, 0.2) is 0 Å². The summed E-state index contributed by atoms with van der Waals surface area (Å²) in [5.41, 5.74) is 5.75. The molecule has 0 radical (unpaired) electrons. The zero-order valence-electron chi connectivity index (χ0n) is 10.9. The lowest BCUT2D eigenvalue weighted by Gasteiger charge is -2.30. The zero-order chi connectivity index (χ0) is 12.5. The van der Waals surface area contributed by atoms with Gasteiger partial charge in [-0.15, -0.1) is 0 Å². The Morgan fingerprint density at radius 2 is 2.12 bits per heavy atom. The molecule has 17 heavy (non-hydrogen) atoms. The molecule has 0 aromatic carbocycles. The summed E-state index contributed by atoms with van der Waals surface area (Å²) in [5, 5.41) is 3.01. The first kappa shape index (κ1) is 14.5. The third kappa shape index (κ3) is 5.50. The number of nitrogens with one attached hydrogen (secondary N) is 1. The second-order valence-corrected chi connectivity index (χ2v) is 4.86. The largest absolute Gasteiger partial charge is 0.372 e. The van der Waals surface area contributed by atoms with E-state index in [0.29, 0.717) is 19.1 Å². The van der Waals surface area contributed by atoms with Gasteiger partial charge in [-0.2, -0.15) is 0 Å². The van der Waals surface area contributed by atoms with Crippen LogP contribution >= 0.6 is 0 Å². The second kappa shape index (κ2) is 8.48. The molecular formula is C13H26N2O2. The molecule has 0 aromatic rings. The molecule has 1 saturated carbocycles. The zero-order valence-corrected chi connectivity index (χ0v) is 10.9. The maximum Gasteiger partial charge on any atom is 0.246 e.